The maximum Gasteiger partial charge on any atom is 0.321 e. The summed E-state index contributed by atoms with van der Waals surface area (Å²) in [5.74, 6) is -0.309. The first-order chi connectivity index (χ1) is 12.0. The summed E-state index contributed by atoms with van der Waals surface area (Å²) in [4.78, 5) is 25.7. The molecule has 1 saturated carbocycles. The van der Waals surface area contributed by atoms with Crippen LogP contribution >= 0.6 is 0 Å². The number of benzene rings is 1. The van der Waals surface area contributed by atoms with E-state index in [1.807, 2.05) is 48.5 Å². The van der Waals surface area contributed by atoms with Crippen molar-refractivity contribution in [3.8, 4) is 5.69 Å². The largest absolute Gasteiger partial charge is 0.335 e. The Kier molecular flexibility index (Phi) is 5.14. The molecule has 0 spiro atoms. The van der Waals surface area contributed by atoms with E-state index < -0.39 is 12.1 Å². The van der Waals surface area contributed by atoms with Gasteiger partial charge in [-0.2, -0.15) is 5.10 Å². The third-order valence-electron chi connectivity index (χ3n) is 4.28. The lowest BCUT2D eigenvalue weighted by Gasteiger charge is -2.22. The van der Waals surface area contributed by atoms with Gasteiger partial charge in [0, 0.05) is 24.3 Å². The monoisotopic (exact) mass is 341 g/mol. The van der Waals surface area contributed by atoms with Crippen molar-refractivity contribution in [2.24, 2.45) is 0 Å². The normalized spacial score (nSPS) is 15.0. The van der Waals surface area contributed by atoms with Gasteiger partial charge in [0.1, 0.15) is 0 Å². The summed E-state index contributed by atoms with van der Waals surface area (Å²) in [6.07, 6.45) is 5.70. The Bertz CT molecular complexity index is 739. The molecule has 0 aliphatic heterocycles. The molecule has 1 aliphatic carbocycles. The predicted molar refractivity (Wildman–Crippen MR) is 94.2 cm³/mol. The minimum atomic E-state index is -0.426. The molecule has 1 aromatic heterocycles. The second-order valence-corrected chi connectivity index (χ2v) is 6.46. The van der Waals surface area contributed by atoms with Gasteiger partial charge < -0.3 is 5.32 Å². The van der Waals surface area contributed by atoms with Crippen molar-refractivity contribution in [3.05, 3.63) is 48.3 Å². The van der Waals surface area contributed by atoms with Crippen LogP contribution in [0.3, 0.4) is 0 Å². The van der Waals surface area contributed by atoms with E-state index in [0.29, 0.717) is 6.54 Å². The summed E-state index contributed by atoms with van der Waals surface area (Å²) in [7, 11) is 1.85. The minimum absolute atomic E-state index is 0.227. The maximum atomic E-state index is 12.2. The molecule has 2 aromatic rings. The average molecular weight is 341 g/mol. The molecule has 1 aliphatic rings. The van der Waals surface area contributed by atoms with E-state index in [2.05, 4.69) is 15.7 Å². The van der Waals surface area contributed by atoms with Crippen molar-refractivity contribution in [1.29, 1.82) is 0 Å². The molecule has 3 amide bonds. The summed E-state index contributed by atoms with van der Waals surface area (Å²) >= 11 is 0. The lowest BCUT2D eigenvalue weighted by atomic mass is 10.2. The number of likely N-dealkylation sites (N-methyl/N-ethyl adjacent to an activating group) is 1. The highest BCUT2D eigenvalue weighted by Gasteiger charge is 2.26. The molecule has 132 valence electrons. The van der Waals surface area contributed by atoms with Crippen molar-refractivity contribution in [1.82, 2.24) is 25.3 Å². The molecule has 0 bridgehead atoms. The van der Waals surface area contributed by atoms with Crippen LogP contribution in [0.25, 0.3) is 5.69 Å². The first kappa shape index (κ1) is 17.2. The topological polar surface area (TPSA) is 79.3 Å². The molecule has 0 saturated heterocycles. The molecule has 0 radical (unpaired) electrons. The number of nitrogens with one attached hydrogen (secondary N) is 2. The van der Waals surface area contributed by atoms with Gasteiger partial charge in [-0.15, -0.1) is 0 Å². The number of urea groups is 1. The number of para-hydroxylation sites is 1. The van der Waals surface area contributed by atoms with Gasteiger partial charge in [0.25, 0.3) is 0 Å². The van der Waals surface area contributed by atoms with E-state index in [-0.39, 0.29) is 11.9 Å². The van der Waals surface area contributed by atoms with Crippen LogP contribution in [0, 0.1) is 0 Å². The van der Waals surface area contributed by atoms with E-state index in [1.165, 1.54) is 0 Å². The number of carbonyl (C=O) groups excluding carboxylic acids is 2. The highest BCUT2D eigenvalue weighted by molar-refractivity contribution is 5.96. The zero-order chi connectivity index (χ0) is 17.8. The van der Waals surface area contributed by atoms with Gasteiger partial charge in [0.2, 0.25) is 5.91 Å². The van der Waals surface area contributed by atoms with Gasteiger partial charge in [-0.3, -0.25) is 15.0 Å². The summed E-state index contributed by atoms with van der Waals surface area (Å²) in [5.41, 5.74) is 1.98. The zero-order valence-electron chi connectivity index (χ0n) is 14.5. The predicted octanol–water partition coefficient (Wildman–Crippen LogP) is 1.68. The number of aromatic nitrogens is 2. The molecule has 1 heterocycles. The Morgan fingerprint density at radius 2 is 2.04 bits per heavy atom. The first-order valence-corrected chi connectivity index (χ1v) is 8.43. The van der Waals surface area contributed by atoms with Crippen molar-refractivity contribution < 1.29 is 9.59 Å². The van der Waals surface area contributed by atoms with Gasteiger partial charge in [-0.05, 0) is 38.9 Å². The van der Waals surface area contributed by atoms with Crippen LogP contribution in [-0.4, -0.2) is 45.8 Å². The smallest absolute Gasteiger partial charge is 0.321 e. The third-order valence-corrected chi connectivity index (χ3v) is 4.28. The Morgan fingerprint density at radius 3 is 2.72 bits per heavy atom. The minimum Gasteiger partial charge on any atom is -0.335 e. The van der Waals surface area contributed by atoms with E-state index in [9.17, 15) is 9.59 Å². The van der Waals surface area contributed by atoms with Crippen LogP contribution < -0.4 is 10.6 Å². The highest BCUT2D eigenvalue weighted by Crippen LogP contribution is 2.18. The Balaban J connectivity index is 1.54. The lowest BCUT2D eigenvalue weighted by Crippen LogP contribution is -2.48. The van der Waals surface area contributed by atoms with Crippen LogP contribution in [0.4, 0.5) is 4.79 Å². The van der Waals surface area contributed by atoms with Gasteiger partial charge >= 0.3 is 6.03 Å². The number of imide groups is 1. The number of hydrogen-bond donors (Lipinski definition) is 2. The molecule has 1 atom stereocenters. The van der Waals surface area contributed by atoms with Crippen molar-refractivity contribution in [2.45, 2.75) is 38.4 Å². The molecule has 7 heteroatoms. The fraction of sp³-hybridized carbons (Fsp3) is 0.389. The van der Waals surface area contributed by atoms with E-state index >= 15 is 0 Å². The van der Waals surface area contributed by atoms with E-state index in [1.54, 1.807) is 17.8 Å². The Labute approximate surface area is 147 Å². The summed E-state index contributed by atoms with van der Waals surface area (Å²) < 4.78 is 1.80. The van der Waals surface area contributed by atoms with Crippen molar-refractivity contribution >= 4 is 11.9 Å². The molecule has 25 heavy (non-hydrogen) atoms. The van der Waals surface area contributed by atoms with Gasteiger partial charge in [0.15, 0.2) is 0 Å². The third kappa shape index (κ3) is 4.67. The lowest BCUT2D eigenvalue weighted by molar-refractivity contribution is -0.124. The van der Waals surface area contributed by atoms with Crippen molar-refractivity contribution in [3.63, 3.8) is 0 Å². The maximum absolute atomic E-state index is 12.2. The summed E-state index contributed by atoms with van der Waals surface area (Å²) in [6.45, 7) is 2.34. The van der Waals surface area contributed by atoms with E-state index in [0.717, 1.165) is 24.1 Å². The first-order valence-electron chi connectivity index (χ1n) is 8.43. The number of carbonyl (C=O) groups is 2. The zero-order valence-corrected chi connectivity index (χ0v) is 14.5. The molecular formula is C18H23N5O2. The average Bonchev–Trinajstić information content (AvgIpc) is 3.29. The number of hydrogen-bond acceptors (Lipinski definition) is 4. The fourth-order valence-electron chi connectivity index (χ4n) is 2.45. The molecule has 7 nitrogen and oxygen atoms in total. The number of amides is 3. The quantitative estimate of drug-likeness (QED) is 0.838. The molecule has 1 aromatic carbocycles. The standard InChI is InChI=1S/C18H23N5O2/c1-13(17(24)21-18(25)20-15-8-9-15)22(2)11-14-10-19-23(12-14)16-6-4-3-5-7-16/h3-7,10,12-13,15H,8-9,11H2,1-2H3,(H2,20,21,24,25)/t13-/m0/s1. The highest BCUT2D eigenvalue weighted by atomic mass is 16.2. The molecule has 3 rings (SSSR count). The molecular weight excluding hydrogens is 318 g/mol. The molecule has 0 unspecified atom stereocenters. The van der Waals surface area contributed by atoms with Crippen LogP contribution in [0.5, 0.6) is 0 Å². The van der Waals surface area contributed by atoms with Crippen molar-refractivity contribution in [2.75, 3.05) is 7.05 Å². The Morgan fingerprint density at radius 1 is 1.32 bits per heavy atom. The molecule has 1 fully saturated rings. The summed E-state index contributed by atoms with van der Waals surface area (Å²) in [5, 5.41) is 9.50. The summed E-state index contributed by atoms with van der Waals surface area (Å²) in [6, 6.07) is 9.23. The van der Waals surface area contributed by atoms with Gasteiger partial charge in [-0.1, -0.05) is 18.2 Å². The number of nitrogens with zero attached hydrogens (tertiary/aromatic N) is 3. The van der Waals surface area contributed by atoms with Crippen LogP contribution in [-0.2, 0) is 11.3 Å². The van der Waals surface area contributed by atoms with Crippen LogP contribution in [0.2, 0.25) is 0 Å². The van der Waals surface area contributed by atoms with Gasteiger partial charge in [-0.25, -0.2) is 9.48 Å². The fourth-order valence-corrected chi connectivity index (χ4v) is 2.45. The van der Waals surface area contributed by atoms with Crippen LogP contribution in [0.1, 0.15) is 25.3 Å². The Hall–Kier alpha value is -2.67. The SMILES string of the molecule is C[C@@H](C(=O)NC(=O)NC1CC1)N(C)Cc1cnn(-c2ccccc2)c1. The number of rotatable bonds is 6. The van der Waals surface area contributed by atoms with E-state index in [4.69, 9.17) is 0 Å². The molecule has 2 N–H and O–H groups in total. The second kappa shape index (κ2) is 7.48. The second-order valence-electron chi connectivity index (χ2n) is 6.46. The van der Waals surface area contributed by atoms with Crippen LogP contribution in [0.15, 0.2) is 42.7 Å². The van der Waals surface area contributed by atoms with Gasteiger partial charge in [0.05, 0.1) is 17.9 Å².